The van der Waals surface area contributed by atoms with E-state index < -0.39 is 0 Å². The molecule has 4 rings (SSSR count). The number of hydrogen-bond acceptors (Lipinski definition) is 3. The molecule has 5 nitrogen and oxygen atoms in total. The third kappa shape index (κ3) is 3.27. The number of methoxy groups -OCH3 is 1. The van der Waals surface area contributed by atoms with Gasteiger partial charge in [-0.3, -0.25) is 0 Å². The molecule has 1 aliphatic heterocycles. The summed E-state index contributed by atoms with van der Waals surface area (Å²) in [5, 5.41) is 5.74. The fraction of sp³-hybridized carbons (Fsp3) is 0.350. The fourth-order valence-electron chi connectivity index (χ4n) is 3.65. The fourth-order valence-corrected chi connectivity index (χ4v) is 3.65. The van der Waals surface area contributed by atoms with Crippen molar-refractivity contribution in [2.45, 2.75) is 31.4 Å². The Morgan fingerprint density at radius 2 is 1.80 bits per heavy atom. The SMILES string of the molecule is COc1ccc(C2CCNC(=O)N2)cc1OC1Cc2ccccc2C1. The highest BCUT2D eigenvalue weighted by Gasteiger charge is 2.25. The van der Waals surface area contributed by atoms with Crippen molar-refractivity contribution >= 4 is 6.03 Å². The Kier molecular flexibility index (Phi) is 4.22. The normalized spacial score (nSPS) is 19.7. The number of hydrogen-bond donors (Lipinski definition) is 2. The smallest absolute Gasteiger partial charge is 0.315 e. The molecule has 25 heavy (non-hydrogen) atoms. The van der Waals surface area contributed by atoms with Gasteiger partial charge in [0.25, 0.3) is 0 Å². The molecule has 1 atom stereocenters. The van der Waals surface area contributed by atoms with Crippen LogP contribution in [0.4, 0.5) is 4.79 Å². The number of ether oxygens (including phenoxy) is 2. The molecule has 0 spiro atoms. The van der Waals surface area contributed by atoms with Crippen molar-refractivity contribution in [3.05, 3.63) is 59.2 Å². The van der Waals surface area contributed by atoms with E-state index in [1.807, 2.05) is 18.2 Å². The van der Waals surface area contributed by atoms with Gasteiger partial charge in [0.05, 0.1) is 13.2 Å². The van der Waals surface area contributed by atoms with Gasteiger partial charge in [-0.05, 0) is 35.2 Å². The molecule has 1 fully saturated rings. The molecule has 2 aliphatic rings. The summed E-state index contributed by atoms with van der Waals surface area (Å²) in [6.07, 6.45) is 2.79. The van der Waals surface area contributed by atoms with Crippen LogP contribution in [0.5, 0.6) is 11.5 Å². The highest BCUT2D eigenvalue weighted by atomic mass is 16.5. The molecule has 0 saturated carbocycles. The van der Waals surface area contributed by atoms with Crippen LogP contribution in [-0.2, 0) is 12.8 Å². The van der Waals surface area contributed by atoms with Crippen LogP contribution in [0.3, 0.4) is 0 Å². The third-order valence-corrected chi connectivity index (χ3v) is 4.92. The second-order valence-corrected chi connectivity index (χ2v) is 6.57. The van der Waals surface area contributed by atoms with Crippen molar-refractivity contribution in [2.24, 2.45) is 0 Å². The Bertz CT molecular complexity index is 765. The lowest BCUT2D eigenvalue weighted by molar-refractivity contribution is 0.203. The van der Waals surface area contributed by atoms with Crippen LogP contribution in [-0.4, -0.2) is 25.8 Å². The summed E-state index contributed by atoms with van der Waals surface area (Å²) in [6.45, 7) is 0.677. The minimum Gasteiger partial charge on any atom is -0.493 e. The molecule has 1 aliphatic carbocycles. The quantitative estimate of drug-likeness (QED) is 0.901. The number of benzene rings is 2. The molecule has 1 unspecified atom stereocenters. The van der Waals surface area contributed by atoms with E-state index in [2.05, 4.69) is 34.9 Å². The van der Waals surface area contributed by atoms with E-state index in [-0.39, 0.29) is 18.2 Å². The van der Waals surface area contributed by atoms with E-state index in [0.717, 1.165) is 36.3 Å². The number of amides is 2. The molecule has 0 aromatic heterocycles. The van der Waals surface area contributed by atoms with Gasteiger partial charge in [0.2, 0.25) is 0 Å². The van der Waals surface area contributed by atoms with E-state index in [1.165, 1.54) is 11.1 Å². The van der Waals surface area contributed by atoms with Crippen molar-refractivity contribution in [1.82, 2.24) is 10.6 Å². The van der Waals surface area contributed by atoms with E-state index in [1.54, 1.807) is 7.11 Å². The lowest BCUT2D eigenvalue weighted by atomic mass is 10.0. The number of carbonyl (C=O) groups excluding carboxylic acids is 1. The van der Waals surface area contributed by atoms with Gasteiger partial charge in [-0.15, -0.1) is 0 Å². The molecule has 2 aromatic rings. The van der Waals surface area contributed by atoms with Crippen molar-refractivity contribution in [2.75, 3.05) is 13.7 Å². The van der Waals surface area contributed by atoms with Crippen molar-refractivity contribution < 1.29 is 14.3 Å². The monoisotopic (exact) mass is 338 g/mol. The molecule has 2 N–H and O–H groups in total. The Morgan fingerprint density at radius 1 is 1.04 bits per heavy atom. The maximum atomic E-state index is 11.6. The highest BCUT2D eigenvalue weighted by Crippen LogP contribution is 2.34. The predicted molar refractivity (Wildman–Crippen MR) is 95.2 cm³/mol. The zero-order valence-corrected chi connectivity index (χ0v) is 14.2. The van der Waals surface area contributed by atoms with Crippen molar-refractivity contribution in [3.63, 3.8) is 0 Å². The molecular weight excluding hydrogens is 316 g/mol. The molecule has 130 valence electrons. The van der Waals surface area contributed by atoms with Gasteiger partial charge < -0.3 is 20.1 Å². The zero-order chi connectivity index (χ0) is 17.2. The molecular formula is C20H22N2O3. The summed E-state index contributed by atoms with van der Waals surface area (Å²) in [5.41, 5.74) is 3.75. The average Bonchev–Trinajstić information content (AvgIpc) is 3.04. The van der Waals surface area contributed by atoms with Gasteiger partial charge in [0, 0.05) is 19.4 Å². The van der Waals surface area contributed by atoms with Crippen LogP contribution in [0, 0.1) is 0 Å². The molecule has 0 bridgehead atoms. The van der Waals surface area contributed by atoms with Gasteiger partial charge in [-0.2, -0.15) is 0 Å². The summed E-state index contributed by atoms with van der Waals surface area (Å²) in [7, 11) is 1.65. The Hall–Kier alpha value is -2.69. The predicted octanol–water partition coefficient (Wildman–Crippen LogP) is 2.99. The number of urea groups is 1. The maximum Gasteiger partial charge on any atom is 0.315 e. The second-order valence-electron chi connectivity index (χ2n) is 6.57. The third-order valence-electron chi connectivity index (χ3n) is 4.92. The summed E-state index contributed by atoms with van der Waals surface area (Å²) in [5.74, 6) is 1.46. The van der Waals surface area contributed by atoms with E-state index in [0.29, 0.717) is 6.54 Å². The molecule has 2 amide bonds. The molecule has 2 aromatic carbocycles. The Labute approximate surface area is 147 Å². The van der Waals surface area contributed by atoms with Crippen LogP contribution in [0.2, 0.25) is 0 Å². The molecule has 1 saturated heterocycles. The first-order valence-electron chi connectivity index (χ1n) is 8.68. The number of fused-ring (bicyclic) bond motifs is 1. The van der Waals surface area contributed by atoms with Crippen LogP contribution in [0.1, 0.15) is 29.2 Å². The summed E-state index contributed by atoms with van der Waals surface area (Å²) in [4.78, 5) is 11.6. The van der Waals surface area contributed by atoms with E-state index in [4.69, 9.17) is 9.47 Å². The Morgan fingerprint density at radius 3 is 2.48 bits per heavy atom. The first-order chi connectivity index (χ1) is 12.2. The lowest BCUT2D eigenvalue weighted by Gasteiger charge is -2.25. The first-order valence-corrected chi connectivity index (χ1v) is 8.68. The second kappa shape index (κ2) is 6.67. The van der Waals surface area contributed by atoms with E-state index in [9.17, 15) is 4.79 Å². The number of carbonyl (C=O) groups is 1. The zero-order valence-electron chi connectivity index (χ0n) is 14.2. The first kappa shape index (κ1) is 15.8. The number of rotatable bonds is 4. The maximum absolute atomic E-state index is 11.6. The van der Waals surface area contributed by atoms with Crippen LogP contribution in [0.15, 0.2) is 42.5 Å². The topological polar surface area (TPSA) is 59.6 Å². The van der Waals surface area contributed by atoms with Crippen molar-refractivity contribution in [1.29, 1.82) is 0 Å². The van der Waals surface area contributed by atoms with Crippen LogP contribution in [0.25, 0.3) is 0 Å². The lowest BCUT2D eigenvalue weighted by Crippen LogP contribution is -2.44. The van der Waals surface area contributed by atoms with Crippen molar-refractivity contribution in [3.8, 4) is 11.5 Å². The van der Waals surface area contributed by atoms with Crippen LogP contribution < -0.4 is 20.1 Å². The molecule has 0 radical (unpaired) electrons. The summed E-state index contributed by atoms with van der Waals surface area (Å²) >= 11 is 0. The van der Waals surface area contributed by atoms with Gasteiger partial charge in [-0.25, -0.2) is 4.79 Å². The molecule has 5 heteroatoms. The van der Waals surface area contributed by atoms with Gasteiger partial charge >= 0.3 is 6.03 Å². The van der Waals surface area contributed by atoms with Gasteiger partial charge in [-0.1, -0.05) is 30.3 Å². The minimum absolute atomic E-state index is 0.00258. The average molecular weight is 338 g/mol. The summed E-state index contributed by atoms with van der Waals surface area (Å²) in [6, 6.07) is 14.3. The number of nitrogens with one attached hydrogen (secondary N) is 2. The highest BCUT2D eigenvalue weighted by molar-refractivity contribution is 5.75. The standard InChI is InChI=1S/C20H22N2O3/c1-24-18-7-6-15(17-8-9-21-20(23)22-17)12-19(18)25-16-10-13-4-2-3-5-14(13)11-16/h2-7,12,16-17H,8-11H2,1H3,(H2,21,22,23). The molecule has 1 heterocycles. The summed E-state index contributed by atoms with van der Waals surface area (Å²) < 4.78 is 11.8. The van der Waals surface area contributed by atoms with Crippen LogP contribution >= 0.6 is 0 Å². The largest absolute Gasteiger partial charge is 0.493 e. The Balaban J connectivity index is 1.54. The minimum atomic E-state index is -0.124. The van der Waals surface area contributed by atoms with Gasteiger partial charge in [0.1, 0.15) is 6.10 Å². The van der Waals surface area contributed by atoms with Gasteiger partial charge in [0.15, 0.2) is 11.5 Å². The van der Waals surface area contributed by atoms with E-state index >= 15 is 0 Å².